The molecule has 0 bridgehead atoms. The number of aliphatic imine (C=N–C) groups is 1. The SMILES string of the molecule is CCOC(=O)C1=C(C)N=C(C)C(=C([O-])OCC[NH+]2CCCCC2)C1c1cccc([N+](=O)[O-])c1. The number of hydrogen-bond donors (Lipinski definition) is 1. The molecule has 0 aliphatic carbocycles. The highest BCUT2D eigenvalue weighted by molar-refractivity contribution is 6.06. The summed E-state index contributed by atoms with van der Waals surface area (Å²) in [6.45, 7) is 8.30. The highest BCUT2D eigenvalue weighted by Gasteiger charge is 2.35. The second kappa shape index (κ2) is 11.1. The molecule has 1 aromatic rings. The van der Waals surface area contributed by atoms with E-state index < -0.39 is 22.8 Å². The van der Waals surface area contributed by atoms with Gasteiger partial charge in [0.05, 0.1) is 42.7 Å². The standard InChI is InChI=1S/C24H31N3O6/c1-4-32-23(28)20-16(2)25-17(3)21(22(20)18-9-8-10-19(15-18)27(30)31)24(29)33-14-13-26-11-6-5-7-12-26/h8-10,15,22,29H,4-7,11-14H2,1-3H3. The number of nitrogens with zero attached hydrogens (tertiary/aromatic N) is 2. The predicted octanol–water partition coefficient (Wildman–Crippen LogP) is 1.65. The van der Waals surface area contributed by atoms with Crippen LogP contribution in [-0.4, -0.2) is 49.5 Å². The van der Waals surface area contributed by atoms with E-state index in [2.05, 4.69) is 4.99 Å². The van der Waals surface area contributed by atoms with Crippen molar-refractivity contribution in [3.8, 4) is 0 Å². The van der Waals surface area contributed by atoms with Gasteiger partial charge in [-0.15, -0.1) is 0 Å². The van der Waals surface area contributed by atoms with Gasteiger partial charge in [-0.05, 0) is 45.6 Å². The van der Waals surface area contributed by atoms with Crippen LogP contribution in [0, 0.1) is 10.1 Å². The predicted molar refractivity (Wildman–Crippen MR) is 121 cm³/mol. The first kappa shape index (κ1) is 24.4. The maximum absolute atomic E-state index is 13.2. The monoisotopic (exact) mass is 457 g/mol. The molecule has 178 valence electrons. The number of carbonyl (C=O) groups is 1. The molecular weight excluding hydrogens is 426 g/mol. The van der Waals surface area contributed by atoms with Gasteiger partial charge in [-0.2, -0.15) is 0 Å². The lowest BCUT2D eigenvalue weighted by Gasteiger charge is -2.32. The number of piperidine rings is 1. The Morgan fingerprint density at radius 1 is 1.21 bits per heavy atom. The zero-order valence-corrected chi connectivity index (χ0v) is 19.4. The summed E-state index contributed by atoms with van der Waals surface area (Å²) < 4.78 is 10.9. The Balaban J connectivity index is 1.99. The topological polar surface area (TPSA) is 119 Å². The fourth-order valence-electron chi connectivity index (χ4n) is 4.49. The molecule has 0 saturated carbocycles. The number of rotatable bonds is 8. The summed E-state index contributed by atoms with van der Waals surface area (Å²) in [5.41, 5.74) is 1.54. The Hall–Kier alpha value is -3.20. The highest BCUT2D eigenvalue weighted by atomic mass is 16.6. The van der Waals surface area contributed by atoms with E-state index in [0.717, 1.165) is 19.6 Å². The van der Waals surface area contributed by atoms with Gasteiger partial charge in [0.2, 0.25) is 0 Å². The normalized spacial score (nSPS) is 20.8. The molecule has 9 heteroatoms. The number of nitrogens with one attached hydrogen (secondary N) is 1. The van der Waals surface area contributed by atoms with Gasteiger partial charge in [0, 0.05) is 41.6 Å². The number of esters is 1. The van der Waals surface area contributed by atoms with Crippen LogP contribution in [0.25, 0.3) is 0 Å². The molecule has 1 fully saturated rings. The van der Waals surface area contributed by atoms with E-state index in [0.29, 0.717) is 17.0 Å². The molecule has 0 aromatic heterocycles. The first-order chi connectivity index (χ1) is 15.8. The third-order valence-electron chi connectivity index (χ3n) is 6.07. The van der Waals surface area contributed by atoms with Crippen LogP contribution in [0.4, 0.5) is 5.69 Å². The van der Waals surface area contributed by atoms with Crippen molar-refractivity contribution in [3.05, 3.63) is 62.7 Å². The van der Waals surface area contributed by atoms with Gasteiger partial charge >= 0.3 is 5.97 Å². The fraction of sp³-hybridized carbons (Fsp3) is 0.500. The Bertz CT molecular complexity index is 992. The largest absolute Gasteiger partial charge is 0.607 e. The zero-order valence-electron chi connectivity index (χ0n) is 19.4. The van der Waals surface area contributed by atoms with E-state index in [4.69, 9.17) is 9.47 Å². The number of nitro groups is 1. The molecule has 9 nitrogen and oxygen atoms in total. The van der Waals surface area contributed by atoms with Gasteiger partial charge in [0.25, 0.3) is 5.69 Å². The van der Waals surface area contributed by atoms with Crippen molar-refractivity contribution in [1.82, 2.24) is 0 Å². The first-order valence-corrected chi connectivity index (χ1v) is 11.4. The first-order valence-electron chi connectivity index (χ1n) is 11.4. The molecule has 2 heterocycles. The Morgan fingerprint density at radius 2 is 1.94 bits per heavy atom. The van der Waals surface area contributed by atoms with Crippen molar-refractivity contribution < 1.29 is 29.2 Å². The third-order valence-corrected chi connectivity index (χ3v) is 6.07. The second-order valence-electron chi connectivity index (χ2n) is 8.31. The van der Waals surface area contributed by atoms with Crippen LogP contribution in [0.5, 0.6) is 0 Å². The molecule has 0 radical (unpaired) electrons. The summed E-state index contributed by atoms with van der Waals surface area (Å²) >= 11 is 0. The fourth-order valence-corrected chi connectivity index (χ4v) is 4.49. The van der Waals surface area contributed by atoms with Crippen LogP contribution < -0.4 is 10.0 Å². The zero-order chi connectivity index (χ0) is 24.0. The van der Waals surface area contributed by atoms with Crippen LogP contribution in [0.15, 0.2) is 52.0 Å². The summed E-state index contributed by atoms with van der Waals surface area (Å²) in [7, 11) is 0. The van der Waals surface area contributed by atoms with Crippen LogP contribution in [0.1, 0.15) is 51.5 Å². The van der Waals surface area contributed by atoms with Gasteiger partial charge in [0.1, 0.15) is 0 Å². The molecule has 1 atom stereocenters. The van der Waals surface area contributed by atoms with Gasteiger partial charge in [-0.25, -0.2) is 4.79 Å². The number of non-ortho nitro benzene ring substituents is 1. The van der Waals surface area contributed by atoms with Crippen molar-refractivity contribution in [2.24, 2.45) is 4.99 Å². The van der Waals surface area contributed by atoms with Crippen LogP contribution in [0.2, 0.25) is 0 Å². The lowest BCUT2D eigenvalue weighted by atomic mass is 9.80. The molecule has 2 aliphatic rings. The second-order valence-corrected chi connectivity index (χ2v) is 8.31. The van der Waals surface area contributed by atoms with Crippen molar-refractivity contribution in [3.63, 3.8) is 0 Å². The molecule has 0 spiro atoms. The number of allylic oxidation sites excluding steroid dienone is 2. The average Bonchev–Trinajstić information content (AvgIpc) is 2.79. The lowest BCUT2D eigenvalue weighted by molar-refractivity contribution is -0.905. The number of quaternary nitrogens is 1. The van der Waals surface area contributed by atoms with Crippen LogP contribution >= 0.6 is 0 Å². The molecule has 0 amide bonds. The number of hydrogen-bond acceptors (Lipinski definition) is 7. The molecule has 1 saturated heterocycles. The summed E-state index contributed by atoms with van der Waals surface area (Å²) in [6.07, 6.45) is 3.59. The number of benzene rings is 1. The number of carbonyl (C=O) groups excluding carboxylic acids is 1. The summed E-state index contributed by atoms with van der Waals surface area (Å²) in [5, 5.41) is 24.6. The third kappa shape index (κ3) is 5.78. The van der Waals surface area contributed by atoms with Crippen molar-refractivity contribution >= 4 is 17.4 Å². The van der Waals surface area contributed by atoms with Crippen molar-refractivity contribution in [1.29, 1.82) is 0 Å². The number of nitro benzene ring substituents is 1. The average molecular weight is 458 g/mol. The summed E-state index contributed by atoms with van der Waals surface area (Å²) in [6, 6.07) is 5.94. The molecule has 33 heavy (non-hydrogen) atoms. The van der Waals surface area contributed by atoms with Gasteiger partial charge in [-0.1, -0.05) is 12.1 Å². The summed E-state index contributed by atoms with van der Waals surface area (Å²) in [5.74, 6) is -2.04. The minimum atomic E-state index is -0.865. The molecular formula is C24H31N3O6. The smallest absolute Gasteiger partial charge is 0.336 e. The van der Waals surface area contributed by atoms with E-state index in [9.17, 15) is 20.0 Å². The maximum Gasteiger partial charge on any atom is 0.336 e. The van der Waals surface area contributed by atoms with Crippen molar-refractivity contribution in [2.45, 2.75) is 46.0 Å². The minimum absolute atomic E-state index is 0.130. The Kier molecular flexibility index (Phi) is 8.21. The van der Waals surface area contributed by atoms with E-state index in [1.807, 2.05) is 0 Å². The van der Waals surface area contributed by atoms with Crippen LogP contribution in [-0.2, 0) is 14.3 Å². The van der Waals surface area contributed by atoms with E-state index in [-0.39, 0.29) is 30.0 Å². The number of ether oxygens (including phenoxy) is 2. The molecule has 2 aliphatic heterocycles. The van der Waals surface area contributed by atoms with Gasteiger partial charge < -0.3 is 19.5 Å². The molecule has 3 rings (SSSR count). The Labute approximate surface area is 193 Å². The van der Waals surface area contributed by atoms with Gasteiger partial charge in [-0.3, -0.25) is 15.1 Å². The van der Waals surface area contributed by atoms with Crippen LogP contribution in [0.3, 0.4) is 0 Å². The number of likely N-dealkylation sites (tertiary alicyclic amines) is 1. The Morgan fingerprint density at radius 3 is 2.61 bits per heavy atom. The van der Waals surface area contributed by atoms with E-state index in [1.165, 1.54) is 42.4 Å². The van der Waals surface area contributed by atoms with Gasteiger partial charge in [0.15, 0.2) is 0 Å². The van der Waals surface area contributed by atoms with E-state index in [1.54, 1.807) is 26.8 Å². The molecule has 1 N–H and O–H groups in total. The highest BCUT2D eigenvalue weighted by Crippen LogP contribution is 2.40. The lowest BCUT2D eigenvalue weighted by Crippen LogP contribution is -3.13. The minimum Gasteiger partial charge on any atom is -0.607 e. The van der Waals surface area contributed by atoms with E-state index >= 15 is 0 Å². The molecule has 1 aromatic carbocycles. The summed E-state index contributed by atoms with van der Waals surface area (Å²) in [4.78, 5) is 29.5. The molecule has 1 unspecified atom stereocenters. The maximum atomic E-state index is 13.2. The quantitative estimate of drug-likeness (QED) is 0.274. The van der Waals surface area contributed by atoms with Crippen molar-refractivity contribution in [2.75, 3.05) is 32.8 Å².